The van der Waals surface area contributed by atoms with Crippen LogP contribution in [-0.2, 0) is 0 Å². The summed E-state index contributed by atoms with van der Waals surface area (Å²) in [6.45, 7) is 2.16. The van der Waals surface area contributed by atoms with Gasteiger partial charge in [-0.25, -0.2) is 0 Å². The Bertz CT molecular complexity index is 308. The molecule has 1 rings (SSSR count). The smallest absolute Gasteiger partial charge is 0.120 e. The SMILES string of the molecule is C[C@H](O)c1cccc(OCC=CCl)c1. The van der Waals surface area contributed by atoms with Gasteiger partial charge in [0.15, 0.2) is 0 Å². The standard InChI is InChI=1S/C11H13ClO2/c1-9(13)10-4-2-5-11(8-10)14-7-3-6-12/h2-6,8-9,13H,7H2,1H3/t9-/m0/s1. The highest BCUT2D eigenvalue weighted by molar-refractivity contribution is 6.25. The van der Waals surface area contributed by atoms with E-state index in [-0.39, 0.29) is 0 Å². The molecule has 1 aromatic carbocycles. The van der Waals surface area contributed by atoms with Crippen LogP contribution in [0.3, 0.4) is 0 Å². The molecule has 0 aromatic heterocycles. The third-order valence-electron chi connectivity index (χ3n) is 1.78. The van der Waals surface area contributed by atoms with Crippen LogP contribution in [0.5, 0.6) is 5.75 Å². The van der Waals surface area contributed by atoms with E-state index in [1.165, 1.54) is 5.54 Å². The fraction of sp³-hybridized carbons (Fsp3) is 0.273. The first kappa shape index (κ1) is 11.1. The summed E-state index contributed by atoms with van der Waals surface area (Å²) in [5, 5.41) is 9.33. The van der Waals surface area contributed by atoms with Gasteiger partial charge in [-0.3, -0.25) is 0 Å². The molecule has 0 amide bonds. The number of hydrogen-bond acceptors (Lipinski definition) is 2. The molecule has 0 bridgehead atoms. The number of aliphatic hydroxyl groups excluding tert-OH is 1. The third kappa shape index (κ3) is 3.40. The molecule has 0 aliphatic carbocycles. The second kappa shape index (κ2) is 5.68. The Balaban J connectivity index is 2.64. The molecule has 1 N–H and O–H groups in total. The molecule has 0 saturated carbocycles. The lowest BCUT2D eigenvalue weighted by Gasteiger charge is -2.07. The second-order valence-corrected chi connectivity index (χ2v) is 3.17. The number of hydrogen-bond donors (Lipinski definition) is 1. The van der Waals surface area contributed by atoms with Gasteiger partial charge in [-0.2, -0.15) is 0 Å². The number of aliphatic hydroxyl groups is 1. The molecule has 0 saturated heterocycles. The van der Waals surface area contributed by atoms with E-state index in [2.05, 4.69) is 0 Å². The number of rotatable bonds is 4. The maximum absolute atomic E-state index is 9.33. The minimum absolute atomic E-state index is 0.437. The van der Waals surface area contributed by atoms with Crippen LogP contribution >= 0.6 is 11.6 Å². The van der Waals surface area contributed by atoms with Gasteiger partial charge in [-0.1, -0.05) is 23.7 Å². The summed E-state index contributed by atoms with van der Waals surface area (Å²) in [7, 11) is 0. The molecule has 0 aliphatic heterocycles. The highest BCUT2D eigenvalue weighted by Crippen LogP contribution is 2.18. The fourth-order valence-corrected chi connectivity index (χ4v) is 1.12. The van der Waals surface area contributed by atoms with Gasteiger partial charge in [-0.15, -0.1) is 0 Å². The zero-order chi connectivity index (χ0) is 10.4. The summed E-state index contributed by atoms with van der Waals surface area (Å²) >= 11 is 5.35. The van der Waals surface area contributed by atoms with Gasteiger partial charge < -0.3 is 9.84 Å². The van der Waals surface area contributed by atoms with Crippen LogP contribution < -0.4 is 4.74 Å². The Hall–Kier alpha value is -0.990. The van der Waals surface area contributed by atoms with E-state index >= 15 is 0 Å². The lowest BCUT2D eigenvalue weighted by molar-refractivity contribution is 0.198. The van der Waals surface area contributed by atoms with Crippen molar-refractivity contribution in [3.8, 4) is 5.75 Å². The van der Waals surface area contributed by atoms with Crippen LogP contribution in [0, 0.1) is 0 Å². The Morgan fingerprint density at radius 3 is 3.00 bits per heavy atom. The minimum atomic E-state index is -0.470. The molecule has 0 unspecified atom stereocenters. The Morgan fingerprint density at radius 2 is 2.36 bits per heavy atom. The van der Waals surface area contributed by atoms with Crippen LogP contribution in [0.1, 0.15) is 18.6 Å². The lowest BCUT2D eigenvalue weighted by atomic mass is 10.1. The van der Waals surface area contributed by atoms with Crippen molar-refractivity contribution in [3.05, 3.63) is 41.4 Å². The second-order valence-electron chi connectivity index (χ2n) is 2.92. The predicted octanol–water partition coefficient (Wildman–Crippen LogP) is 2.87. The van der Waals surface area contributed by atoms with Crippen molar-refractivity contribution in [2.75, 3.05) is 6.61 Å². The maximum Gasteiger partial charge on any atom is 0.120 e. The summed E-state index contributed by atoms with van der Waals surface area (Å²) in [4.78, 5) is 0. The predicted molar refractivity (Wildman–Crippen MR) is 57.6 cm³/mol. The average molecular weight is 213 g/mol. The summed E-state index contributed by atoms with van der Waals surface area (Å²) < 4.78 is 5.35. The van der Waals surface area contributed by atoms with Crippen molar-refractivity contribution >= 4 is 11.6 Å². The van der Waals surface area contributed by atoms with Crippen molar-refractivity contribution < 1.29 is 9.84 Å². The van der Waals surface area contributed by atoms with Crippen LogP contribution in [0.15, 0.2) is 35.9 Å². The van der Waals surface area contributed by atoms with Gasteiger partial charge in [0.1, 0.15) is 12.4 Å². The third-order valence-corrected chi connectivity index (χ3v) is 1.95. The molecule has 14 heavy (non-hydrogen) atoms. The van der Waals surface area contributed by atoms with Gasteiger partial charge in [0.05, 0.1) is 6.10 Å². The molecular weight excluding hydrogens is 200 g/mol. The van der Waals surface area contributed by atoms with Crippen molar-refractivity contribution in [2.45, 2.75) is 13.0 Å². The van der Waals surface area contributed by atoms with Gasteiger partial charge in [0.2, 0.25) is 0 Å². The minimum Gasteiger partial charge on any atom is -0.489 e. The van der Waals surface area contributed by atoms with Gasteiger partial charge in [-0.05, 0) is 30.7 Å². The summed E-state index contributed by atoms with van der Waals surface area (Å²) in [5.74, 6) is 0.734. The Kier molecular flexibility index (Phi) is 4.50. The van der Waals surface area contributed by atoms with Gasteiger partial charge >= 0.3 is 0 Å². The van der Waals surface area contributed by atoms with Crippen molar-refractivity contribution in [2.24, 2.45) is 0 Å². The fourth-order valence-electron chi connectivity index (χ4n) is 1.04. The topological polar surface area (TPSA) is 29.5 Å². The first-order valence-corrected chi connectivity index (χ1v) is 4.83. The number of benzene rings is 1. The molecule has 76 valence electrons. The molecule has 0 spiro atoms. The zero-order valence-electron chi connectivity index (χ0n) is 7.98. The molecule has 3 heteroatoms. The highest BCUT2D eigenvalue weighted by Gasteiger charge is 2.01. The van der Waals surface area contributed by atoms with E-state index in [1.54, 1.807) is 13.0 Å². The highest BCUT2D eigenvalue weighted by atomic mass is 35.5. The molecule has 2 nitrogen and oxygen atoms in total. The van der Waals surface area contributed by atoms with Crippen LogP contribution in [0.2, 0.25) is 0 Å². The molecule has 0 heterocycles. The number of ether oxygens (including phenoxy) is 1. The van der Waals surface area contributed by atoms with E-state index in [1.807, 2.05) is 24.3 Å². The molecule has 0 aliphatic rings. The van der Waals surface area contributed by atoms with E-state index in [4.69, 9.17) is 16.3 Å². The maximum atomic E-state index is 9.33. The van der Waals surface area contributed by atoms with Crippen LogP contribution in [-0.4, -0.2) is 11.7 Å². The van der Waals surface area contributed by atoms with Crippen LogP contribution in [0.4, 0.5) is 0 Å². The van der Waals surface area contributed by atoms with Gasteiger partial charge in [0, 0.05) is 5.54 Å². The van der Waals surface area contributed by atoms with E-state index in [9.17, 15) is 5.11 Å². The molecule has 0 fully saturated rings. The first-order valence-electron chi connectivity index (χ1n) is 4.40. The largest absolute Gasteiger partial charge is 0.489 e. The summed E-state index contributed by atoms with van der Waals surface area (Å²) in [5.41, 5.74) is 2.26. The van der Waals surface area contributed by atoms with Crippen molar-refractivity contribution in [3.63, 3.8) is 0 Å². The van der Waals surface area contributed by atoms with E-state index in [0.717, 1.165) is 11.3 Å². The summed E-state index contributed by atoms with van der Waals surface area (Å²) in [6, 6.07) is 7.36. The molecule has 1 atom stereocenters. The van der Waals surface area contributed by atoms with Crippen molar-refractivity contribution in [1.82, 2.24) is 0 Å². The van der Waals surface area contributed by atoms with E-state index in [0.29, 0.717) is 6.61 Å². The molecular formula is C11H13ClO2. The molecule has 1 aromatic rings. The Morgan fingerprint density at radius 1 is 1.57 bits per heavy atom. The first-order chi connectivity index (χ1) is 6.74. The monoisotopic (exact) mass is 212 g/mol. The van der Waals surface area contributed by atoms with Crippen molar-refractivity contribution in [1.29, 1.82) is 0 Å². The van der Waals surface area contributed by atoms with Crippen LogP contribution in [0.25, 0.3) is 0 Å². The normalized spacial score (nSPS) is 13.1. The Labute approximate surface area is 88.8 Å². The number of halogens is 1. The summed E-state index contributed by atoms with van der Waals surface area (Å²) in [6.07, 6.45) is 1.23. The quantitative estimate of drug-likeness (QED) is 0.832. The lowest BCUT2D eigenvalue weighted by Crippen LogP contribution is -1.95. The zero-order valence-corrected chi connectivity index (χ0v) is 8.74. The molecule has 0 radical (unpaired) electrons. The average Bonchev–Trinajstić information content (AvgIpc) is 2.19. The van der Waals surface area contributed by atoms with Gasteiger partial charge in [0.25, 0.3) is 0 Å². The van der Waals surface area contributed by atoms with E-state index < -0.39 is 6.10 Å².